The Morgan fingerprint density at radius 3 is 2.27 bits per heavy atom. The number of imide groups is 1. The monoisotopic (exact) mass is 479 g/mol. The first-order valence-electron chi connectivity index (χ1n) is 9.92. The van der Waals surface area contributed by atoms with Crippen molar-refractivity contribution in [2.45, 2.75) is 6.92 Å². The number of hydrogen-bond acceptors (Lipinski definition) is 5. The van der Waals surface area contributed by atoms with Crippen molar-refractivity contribution in [2.75, 3.05) is 16.8 Å². The predicted octanol–water partition coefficient (Wildman–Crippen LogP) is 4.34. The van der Waals surface area contributed by atoms with Crippen molar-refractivity contribution in [3.63, 3.8) is 0 Å². The Kier molecular flexibility index (Phi) is 6.39. The molecule has 0 saturated heterocycles. The maximum Gasteiger partial charge on any atom is 0.266 e. The molecule has 0 aliphatic carbocycles. The molecule has 166 valence electrons. The SMILES string of the molecule is Cc1ccccc1OCC(=O)NC(=S)Nc1ccc(N2C(=O)c3ccccc3C2=O)cc1Cl. The van der Waals surface area contributed by atoms with Crippen LogP contribution in [0, 0.1) is 6.92 Å². The highest BCUT2D eigenvalue weighted by Crippen LogP contribution is 2.32. The van der Waals surface area contributed by atoms with Crippen LogP contribution in [0.15, 0.2) is 66.7 Å². The number of amides is 3. The van der Waals surface area contributed by atoms with Gasteiger partial charge < -0.3 is 10.1 Å². The van der Waals surface area contributed by atoms with Crippen molar-refractivity contribution in [2.24, 2.45) is 0 Å². The average Bonchev–Trinajstić information content (AvgIpc) is 3.05. The molecule has 0 fully saturated rings. The molecule has 0 unspecified atom stereocenters. The summed E-state index contributed by atoms with van der Waals surface area (Å²) in [4.78, 5) is 38.5. The van der Waals surface area contributed by atoms with Crippen LogP contribution in [0.25, 0.3) is 0 Å². The fourth-order valence-corrected chi connectivity index (χ4v) is 3.79. The number of ether oxygens (including phenoxy) is 1. The summed E-state index contributed by atoms with van der Waals surface area (Å²) in [6.45, 7) is 1.67. The number of anilines is 2. The fraction of sp³-hybridized carbons (Fsp3) is 0.0833. The van der Waals surface area contributed by atoms with Gasteiger partial charge in [0.05, 0.1) is 27.5 Å². The highest BCUT2D eigenvalue weighted by Gasteiger charge is 2.36. The van der Waals surface area contributed by atoms with Crippen LogP contribution in [-0.4, -0.2) is 29.4 Å². The number of hydrogen-bond donors (Lipinski definition) is 2. The van der Waals surface area contributed by atoms with E-state index >= 15 is 0 Å². The first-order chi connectivity index (χ1) is 15.8. The van der Waals surface area contributed by atoms with E-state index in [4.69, 9.17) is 28.6 Å². The van der Waals surface area contributed by atoms with E-state index in [2.05, 4.69) is 10.6 Å². The normalized spacial score (nSPS) is 12.4. The summed E-state index contributed by atoms with van der Waals surface area (Å²) < 4.78 is 5.50. The Morgan fingerprint density at radius 2 is 1.64 bits per heavy atom. The number of nitrogens with one attached hydrogen (secondary N) is 2. The van der Waals surface area contributed by atoms with Crippen molar-refractivity contribution in [3.8, 4) is 5.75 Å². The summed E-state index contributed by atoms with van der Waals surface area (Å²) in [5.41, 5.74) is 2.34. The van der Waals surface area contributed by atoms with E-state index in [1.54, 1.807) is 42.5 Å². The van der Waals surface area contributed by atoms with Gasteiger partial charge in [0.25, 0.3) is 17.7 Å². The molecule has 0 bridgehead atoms. The molecule has 1 heterocycles. The Balaban J connectivity index is 1.38. The van der Waals surface area contributed by atoms with Crippen molar-refractivity contribution in [1.29, 1.82) is 0 Å². The number of para-hydroxylation sites is 1. The number of nitrogens with zero attached hydrogens (tertiary/aromatic N) is 1. The number of thiocarbonyl (C=S) groups is 1. The molecule has 0 aromatic heterocycles. The van der Waals surface area contributed by atoms with Crippen molar-refractivity contribution in [3.05, 3.63) is 88.4 Å². The number of benzene rings is 3. The minimum atomic E-state index is -0.436. The lowest BCUT2D eigenvalue weighted by molar-refractivity contribution is -0.121. The molecule has 0 spiro atoms. The Morgan fingerprint density at radius 1 is 1.00 bits per heavy atom. The summed E-state index contributed by atoms with van der Waals surface area (Å²) in [5, 5.41) is 5.60. The molecule has 4 rings (SSSR count). The molecule has 0 radical (unpaired) electrons. The molecule has 7 nitrogen and oxygen atoms in total. The Hall–Kier alpha value is -3.75. The first-order valence-corrected chi connectivity index (χ1v) is 10.7. The van der Waals surface area contributed by atoms with E-state index in [9.17, 15) is 14.4 Å². The van der Waals surface area contributed by atoms with Crippen molar-refractivity contribution < 1.29 is 19.1 Å². The maximum absolute atomic E-state index is 12.7. The lowest BCUT2D eigenvalue weighted by Gasteiger charge is -2.16. The van der Waals surface area contributed by atoms with Crippen LogP contribution in [0.3, 0.4) is 0 Å². The lowest BCUT2D eigenvalue weighted by atomic mass is 10.1. The zero-order chi connectivity index (χ0) is 23.5. The summed E-state index contributed by atoms with van der Waals surface area (Å²) in [6, 6.07) is 18.6. The number of halogens is 1. The van der Waals surface area contributed by atoms with Gasteiger partial charge in [-0.15, -0.1) is 0 Å². The van der Waals surface area contributed by atoms with Gasteiger partial charge in [-0.3, -0.25) is 19.7 Å². The van der Waals surface area contributed by atoms with Crippen LogP contribution in [0.4, 0.5) is 11.4 Å². The molecule has 9 heteroatoms. The number of fused-ring (bicyclic) bond motifs is 1. The number of carbonyl (C=O) groups excluding carboxylic acids is 3. The molecule has 3 aromatic carbocycles. The van der Waals surface area contributed by atoms with Crippen LogP contribution >= 0.6 is 23.8 Å². The second kappa shape index (κ2) is 9.40. The van der Waals surface area contributed by atoms with Crippen LogP contribution < -0.4 is 20.3 Å². The van der Waals surface area contributed by atoms with Gasteiger partial charge in [0.1, 0.15) is 5.75 Å². The zero-order valence-corrected chi connectivity index (χ0v) is 19.0. The minimum Gasteiger partial charge on any atom is -0.483 e. The predicted molar refractivity (Wildman–Crippen MR) is 130 cm³/mol. The third-order valence-corrected chi connectivity index (χ3v) is 5.48. The quantitative estimate of drug-likeness (QED) is 0.418. The van der Waals surface area contributed by atoms with E-state index in [1.165, 1.54) is 6.07 Å². The molecule has 0 saturated carbocycles. The standard InChI is InChI=1S/C24H18ClN3O4S/c1-14-6-2-5-9-20(14)32-13-21(29)27-24(33)26-19-11-10-15(12-18(19)25)28-22(30)16-7-3-4-8-17(16)23(28)31/h2-12H,13H2,1H3,(H2,26,27,29,33). The number of rotatable bonds is 5. The highest BCUT2D eigenvalue weighted by molar-refractivity contribution is 7.80. The largest absolute Gasteiger partial charge is 0.483 e. The second-order valence-electron chi connectivity index (χ2n) is 7.21. The Bertz CT molecular complexity index is 1260. The van der Waals surface area contributed by atoms with E-state index in [0.29, 0.717) is 28.3 Å². The molecule has 1 aliphatic heterocycles. The minimum absolute atomic E-state index is 0.0313. The molecular weight excluding hydrogens is 462 g/mol. The molecule has 3 amide bonds. The van der Waals surface area contributed by atoms with Crippen LogP contribution in [0.1, 0.15) is 26.3 Å². The summed E-state index contributed by atoms with van der Waals surface area (Å²) >= 11 is 11.5. The van der Waals surface area contributed by atoms with E-state index < -0.39 is 17.7 Å². The first kappa shape index (κ1) is 22.4. The second-order valence-corrected chi connectivity index (χ2v) is 8.03. The molecule has 2 N–H and O–H groups in total. The Labute approximate surface area is 200 Å². The van der Waals surface area contributed by atoms with Gasteiger partial charge in [-0.1, -0.05) is 41.9 Å². The highest BCUT2D eigenvalue weighted by atomic mass is 35.5. The van der Waals surface area contributed by atoms with Crippen LogP contribution in [-0.2, 0) is 4.79 Å². The van der Waals surface area contributed by atoms with E-state index in [1.807, 2.05) is 25.1 Å². The van der Waals surface area contributed by atoms with Crippen LogP contribution in [0.2, 0.25) is 5.02 Å². The fourth-order valence-electron chi connectivity index (χ4n) is 3.35. The van der Waals surface area contributed by atoms with Gasteiger partial charge >= 0.3 is 0 Å². The van der Waals surface area contributed by atoms with Gasteiger partial charge in [-0.25, -0.2) is 4.90 Å². The van der Waals surface area contributed by atoms with Crippen molar-refractivity contribution in [1.82, 2.24) is 5.32 Å². The summed E-state index contributed by atoms with van der Waals surface area (Å²) in [6.07, 6.45) is 0. The maximum atomic E-state index is 12.7. The lowest BCUT2D eigenvalue weighted by Crippen LogP contribution is -2.37. The summed E-state index contributed by atoms with van der Waals surface area (Å²) in [5.74, 6) is -0.652. The van der Waals surface area contributed by atoms with Gasteiger partial charge in [0.15, 0.2) is 11.7 Å². The molecule has 0 atom stereocenters. The van der Waals surface area contributed by atoms with Gasteiger partial charge in [0, 0.05) is 0 Å². The topological polar surface area (TPSA) is 87.7 Å². The van der Waals surface area contributed by atoms with E-state index in [-0.39, 0.29) is 16.7 Å². The summed E-state index contributed by atoms with van der Waals surface area (Å²) in [7, 11) is 0. The average molecular weight is 480 g/mol. The molecular formula is C24H18ClN3O4S. The van der Waals surface area contributed by atoms with Crippen LogP contribution in [0.5, 0.6) is 5.75 Å². The van der Waals surface area contributed by atoms with Gasteiger partial charge in [-0.05, 0) is 61.1 Å². The molecule has 33 heavy (non-hydrogen) atoms. The zero-order valence-electron chi connectivity index (χ0n) is 17.4. The van der Waals surface area contributed by atoms with E-state index in [0.717, 1.165) is 10.5 Å². The van der Waals surface area contributed by atoms with Gasteiger partial charge in [0.2, 0.25) is 0 Å². The van der Waals surface area contributed by atoms with Crippen molar-refractivity contribution >= 4 is 58.0 Å². The number of aryl methyl sites for hydroxylation is 1. The smallest absolute Gasteiger partial charge is 0.266 e. The number of carbonyl (C=O) groups is 3. The molecule has 3 aromatic rings. The third-order valence-electron chi connectivity index (χ3n) is 4.96. The van der Waals surface area contributed by atoms with Gasteiger partial charge in [-0.2, -0.15) is 0 Å². The molecule has 1 aliphatic rings. The third kappa shape index (κ3) is 4.72.